The number of H-pyrrole nitrogens is 1. The van der Waals surface area contributed by atoms with Crippen LogP contribution in [0.2, 0.25) is 0 Å². The van der Waals surface area contributed by atoms with Crippen molar-refractivity contribution in [2.45, 2.75) is 0 Å². The average molecular weight is 220 g/mol. The van der Waals surface area contributed by atoms with E-state index in [1.54, 1.807) is 30.5 Å². The van der Waals surface area contributed by atoms with Crippen LogP contribution < -0.4 is 4.74 Å². The van der Waals surface area contributed by atoms with Crippen molar-refractivity contribution in [3.8, 4) is 17.2 Å². The van der Waals surface area contributed by atoms with Gasteiger partial charge in [-0.1, -0.05) is 0 Å². The Morgan fingerprint density at radius 2 is 1.93 bits per heavy atom. The molecule has 15 heavy (non-hydrogen) atoms. The predicted octanol–water partition coefficient (Wildman–Crippen LogP) is 2.64. The summed E-state index contributed by atoms with van der Waals surface area (Å²) in [5, 5.41) is 9.07. The van der Waals surface area contributed by atoms with E-state index in [9.17, 15) is 0 Å². The second kappa shape index (κ2) is 4.10. The van der Waals surface area contributed by atoms with Crippen molar-refractivity contribution in [3.05, 3.63) is 41.4 Å². The predicted molar refractivity (Wildman–Crippen MR) is 57.6 cm³/mol. The summed E-state index contributed by atoms with van der Waals surface area (Å²) in [6.45, 7) is 0. The molecule has 2 N–H and O–H groups in total. The summed E-state index contributed by atoms with van der Waals surface area (Å²) in [6, 6.07) is 6.43. The number of aromatic amines is 1. The lowest BCUT2D eigenvalue weighted by atomic mass is 10.3. The summed E-state index contributed by atoms with van der Waals surface area (Å²) in [6.07, 6.45) is 3.16. The van der Waals surface area contributed by atoms with Crippen molar-refractivity contribution < 1.29 is 9.84 Å². The van der Waals surface area contributed by atoms with E-state index in [1.165, 1.54) is 6.20 Å². The van der Waals surface area contributed by atoms with Crippen molar-refractivity contribution >= 4 is 12.2 Å². The molecule has 2 rings (SSSR count). The van der Waals surface area contributed by atoms with Crippen molar-refractivity contribution in [2.24, 2.45) is 0 Å². The molecule has 0 spiro atoms. The van der Waals surface area contributed by atoms with E-state index >= 15 is 0 Å². The summed E-state index contributed by atoms with van der Waals surface area (Å²) in [5.74, 6) is 1.39. The highest BCUT2D eigenvalue weighted by Crippen LogP contribution is 2.21. The molecule has 0 fully saturated rings. The molecule has 0 aliphatic carbocycles. The van der Waals surface area contributed by atoms with Crippen LogP contribution in [0.5, 0.6) is 17.2 Å². The minimum atomic E-state index is 0.202. The quantitative estimate of drug-likeness (QED) is 0.764. The van der Waals surface area contributed by atoms with Gasteiger partial charge in [-0.2, -0.15) is 0 Å². The number of ether oxygens (including phenoxy) is 1. The van der Waals surface area contributed by atoms with Crippen LogP contribution in [-0.4, -0.2) is 15.1 Å². The Morgan fingerprint density at radius 3 is 2.53 bits per heavy atom. The summed E-state index contributed by atoms with van der Waals surface area (Å²) in [4.78, 5) is 6.64. The smallest absolute Gasteiger partial charge is 0.196 e. The molecule has 0 radical (unpaired) electrons. The first kappa shape index (κ1) is 9.67. The van der Waals surface area contributed by atoms with Crippen LogP contribution in [0.1, 0.15) is 0 Å². The maximum absolute atomic E-state index is 9.07. The molecule has 0 atom stereocenters. The van der Waals surface area contributed by atoms with Gasteiger partial charge in [-0.05, 0) is 36.5 Å². The molecule has 0 unspecified atom stereocenters. The number of rotatable bonds is 2. The fraction of sp³-hybridized carbons (Fsp3) is 0. The fourth-order valence-electron chi connectivity index (χ4n) is 1.04. The highest BCUT2D eigenvalue weighted by atomic mass is 32.1. The van der Waals surface area contributed by atoms with Gasteiger partial charge in [0.05, 0.1) is 6.20 Å². The largest absolute Gasteiger partial charge is 0.508 e. The molecule has 5 heteroatoms. The zero-order valence-corrected chi connectivity index (χ0v) is 8.49. The lowest BCUT2D eigenvalue weighted by molar-refractivity contribution is 0.462. The number of hydrogen-bond donors (Lipinski definition) is 2. The third-order valence-corrected chi connectivity index (χ3v) is 1.94. The van der Waals surface area contributed by atoms with E-state index in [0.717, 1.165) is 0 Å². The molecule has 0 saturated carbocycles. The first-order chi connectivity index (χ1) is 7.24. The van der Waals surface area contributed by atoms with Gasteiger partial charge in [0, 0.05) is 6.20 Å². The minimum absolute atomic E-state index is 0.202. The first-order valence-electron chi connectivity index (χ1n) is 4.26. The zero-order valence-electron chi connectivity index (χ0n) is 7.68. The Hall–Kier alpha value is -1.88. The van der Waals surface area contributed by atoms with Crippen molar-refractivity contribution in [2.75, 3.05) is 0 Å². The lowest BCUT2D eigenvalue weighted by Crippen LogP contribution is -1.86. The Labute approximate surface area is 91.2 Å². The molecule has 0 amide bonds. The minimum Gasteiger partial charge on any atom is -0.508 e. The summed E-state index contributed by atoms with van der Waals surface area (Å²) < 4.78 is 5.85. The number of phenolic OH excluding ortho intramolecular Hbond substituents is 1. The van der Waals surface area contributed by atoms with Crippen molar-refractivity contribution in [1.29, 1.82) is 0 Å². The molecule has 1 aromatic carbocycles. The highest BCUT2D eigenvalue weighted by molar-refractivity contribution is 7.71. The Balaban J connectivity index is 2.18. The van der Waals surface area contributed by atoms with Crippen LogP contribution >= 0.6 is 12.2 Å². The van der Waals surface area contributed by atoms with E-state index in [-0.39, 0.29) is 5.75 Å². The molecule has 1 aromatic heterocycles. The molecule has 76 valence electrons. The molecule has 0 aliphatic heterocycles. The van der Waals surface area contributed by atoms with Gasteiger partial charge >= 0.3 is 0 Å². The SMILES string of the molecule is Oc1ccc(Oc2cnc(=S)[nH]c2)cc1. The Kier molecular flexibility index (Phi) is 2.64. The molecule has 1 heterocycles. The first-order valence-corrected chi connectivity index (χ1v) is 4.66. The van der Waals surface area contributed by atoms with E-state index in [1.807, 2.05) is 0 Å². The van der Waals surface area contributed by atoms with Crippen molar-refractivity contribution in [3.63, 3.8) is 0 Å². The van der Waals surface area contributed by atoms with Crippen molar-refractivity contribution in [1.82, 2.24) is 9.97 Å². The van der Waals surface area contributed by atoms with Gasteiger partial charge in [0.25, 0.3) is 0 Å². The van der Waals surface area contributed by atoms with Gasteiger partial charge in [-0.3, -0.25) is 0 Å². The van der Waals surface area contributed by atoms with Gasteiger partial charge in [0.2, 0.25) is 0 Å². The second-order valence-corrected chi connectivity index (χ2v) is 3.24. The summed E-state index contributed by atoms with van der Waals surface area (Å²) in [5.41, 5.74) is 0. The van der Waals surface area contributed by atoms with Crippen LogP contribution in [0.25, 0.3) is 0 Å². The average Bonchev–Trinajstić information content (AvgIpc) is 2.25. The number of nitrogens with one attached hydrogen (secondary N) is 1. The molecule has 0 aliphatic rings. The van der Waals surface area contributed by atoms with Crippen LogP contribution in [-0.2, 0) is 0 Å². The topological polar surface area (TPSA) is 58.1 Å². The van der Waals surface area contributed by atoms with Crippen LogP contribution in [0.4, 0.5) is 0 Å². The maximum atomic E-state index is 9.07. The number of aromatic hydroxyl groups is 1. The summed E-state index contributed by atoms with van der Waals surface area (Å²) >= 11 is 4.80. The van der Waals surface area contributed by atoms with E-state index in [0.29, 0.717) is 16.3 Å². The van der Waals surface area contributed by atoms with Crippen LogP contribution in [0, 0.1) is 4.77 Å². The van der Waals surface area contributed by atoms with Gasteiger partial charge < -0.3 is 14.8 Å². The molecular weight excluding hydrogens is 212 g/mol. The van der Waals surface area contributed by atoms with Gasteiger partial charge in [0.1, 0.15) is 11.5 Å². The van der Waals surface area contributed by atoms with E-state index in [2.05, 4.69) is 9.97 Å². The molecule has 2 aromatic rings. The van der Waals surface area contributed by atoms with E-state index in [4.69, 9.17) is 22.1 Å². The molecular formula is C10H8N2O2S. The standard InChI is InChI=1S/C10H8N2O2S/c13-7-1-3-8(4-2-7)14-9-5-11-10(15)12-6-9/h1-6,13H,(H,11,12,15). The third kappa shape index (κ3) is 2.54. The zero-order chi connectivity index (χ0) is 10.7. The second-order valence-electron chi connectivity index (χ2n) is 2.85. The number of benzene rings is 1. The monoisotopic (exact) mass is 220 g/mol. The van der Waals surface area contributed by atoms with Gasteiger partial charge in [-0.15, -0.1) is 0 Å². The number of nitrogens with zero attached hydrogens (tertiary/aromatic N) is 1. The van der Waals surface area contributed by atoms with E-state index < -0.39 is 0 Å². The third-order valence-electron chi connectivity index (χ3n) is 1.72. The molecule has 0 saturated heterocycles. The lowest BCUT2D eigenvalue weighted by Gasteiger charge is -2.04. The Morgan fingerprint density at radius 1 is 1.20 bits per heavy atom. The maximum Gasteiger partial charge on any atom is 0.196 e. The Bertz CT molecular complexity index is 487. The number of phenols is 1. The van der Waals surface area contributed by atoms with Crippen LogP contribution in [0.15, 0.2) is 36.7 Å². The molecule has 0 bridgehead atoms. The number of hydrogen-bond acceptors (Lipinski definition) is 4. The van der Waals surface area contributed by atoms with Gasteiger partial charge in [0.15, 0.2) is 10.5 Å². The number of aromatic nitrogens is 2. The fourth-order valence-corrected chi connectivity index (χ4v) is 1.15. The highest BCUT2D eigenvalue weighted by Gasteiger charge is 1.96. The van der Waals surface area contributed by atoms with Gasteiger partial charge in [-0.25, -0.2) is 4.98 Å². The molecule has 4 nitrogen and oxygen atoms in total. The summed E-state index contributed by atoms with van der Waals surface area (Å²) in [7, 11) is 0. The van der Waals surface area contributed by atoms with Crippen LogP contribution in [0.3, 0.4) is 0 Å². The normalized spacial score (nSPS) is 9.87.